The van der Waals surface area contributed by atoms with E-state index < -0.39 is 40.3 Å². The number of alkyl halides is 4. The Balaban J connectivity index is 1.80. The zero-order valence-electron chi connectivity index (χ0n) is 19.0. The van der Waals surface area contributed by atoms with Crippen molar-refractivity contribution in [2.75, 3.05) is 6.54 Å². The van der Waals surface area contributed by atoms with Crippen LogP contribution in [0.15, 0.2) is 42.5 Å². The molecular formula is C26H26F5NO2. The maximum Gasteiger partial charge on any atom is 0.426 e. The molecule has 1 aliphatic carbocycles. The van der Waals surface area contributed by atoms with Crippen LogP contribution < -0.4 is 0 Å². The number of carbonyl (C=O) groups excluding carboxylic acids is 2. The van der Waals surface area contributed by atoms with Crippen molar-refractivity contribution in [3.05, 3.63) is 70.5 Å². The molecule has 2 aliphatic rings. The first kappa shape index (κ1) is 24.4. The molecule has 1 saturated heterocycles. The summed E-state index contributed by atoms with van der Waals surface area (Å²) in [6, 6.07) is 9.63. The third kappa shape index (κ3) is 3.91. The van der Waals surface area contributed by atoms with Gasteiger partial charge in [0.05, 0.1) is 0 Å². The van der Waals surface area contributed by atoms with E-state index in [0.717, 1.165) is 11.1 Å². The van der Waals surface area contributed by atoms with Crippen molar-refractivity contribution in [3.8, 4) is 0 Å². The third-order valence-electron chi connectivity index (χ3n) is 7.47. The smallest absolute Gasteiger partial charge is 0.332 e. The van der Waals surface area contributed by atoms with Gasteiger partial charge in [-0.05, 0) is 67.0 Å². The van der Waals surface area contributed by atoms with E-state index in [4.69, 9.17) is 0 Å². The number of fused-ring (bicyclic) bond motifs is 3. The lowest BCUT2D eigenvalue weighted by Gasteiger charge is -2.44. The second kappa shape index (κ2) is 8.47. The summed E-state index contributed by atoms with van der Waals surface area (Å²) in [6.07, 6.45) is -3.26. The number of nitrogens with zero attached hydrogens (tertiary/aromatic N) is 1. The van der Waals surface area contributed by atoms with Crippen molar-refractivity contribution in [1.29, 1.82) is 0 Å². The molecule has 2 aromatic rings. The molecule has 3 nitrogen and oxygen atoms in total. The molecule has 3 atom stereocenters. The lowest BCUT2D eigenvalue weighted by atomic mass is 9.63. The van der Waals surface area contributed by atoms with Crippen LogP contribution in [0.4, 0.5) is 22.0 Å². The minimum atomic E-state index is -5.05. The summed E-state index contributed by atoms with van der Waals surface area (Å²) in [7, 11) is 0. The van der Waals surface area contributed by atoms with Crippen molar-refractivity contribution in [3.63, 3.8) is 0 Å². The van der Waals surface area contributed by atoms with Crippen molar-refractivity contribution < 1.29 is 31.5 Å². The molecule has 1 heterocycles. The van der Waals surface area contributed by atoms with Gasteiger partial charge in [0.1, 0.15) is 5.82 Å². The Morgan fingerprint density at radius 2 is 1.76 bits per heavy atom. The first-order chi connectivity index (χ1) is 15.9. The Hall–Kier alpha value is -2.77. The monoisotopic (exact) mass is 479 g/mol. The van der Waals surface area contributed by atoms with E-state index in [1.165, 1.54) is 24.3 Å². The number of aryl methyl sites for hydroxylation is 1. The van der Waals surface area contributed by atoms with E-state index in [2.05, 4.69) is 0 Å². The van der Waals surface area contributed by atoms with Crippen molar-refractivity contribution in [1.82, 2.24) is 4.90 Å². The second-order valence-electron chi connectivity index (χ2n) is 9.41. The first-order valence-electron chi connectivity index (χ1n) is 11.4. The average Bonchev–Trinajstić information content (AvgIpc) is 3.17. The number of ketones is 1. The van der Waals surface area contributed by atoms with Gasteiger partial charge in [-0.25, -0.2) is 8.78 Å². The van der Waals surface area contributed by atoms with Gasteiger partial charge in [0.2, 0.25) is 11.5 Å². The zero-order chi connectivity index (χ0) is 24.9. The highest BCUT2D eigenvalue weighted by atomic mass is 19.4. The summed E-state index contributed by atoms with van der Waals surface area (Å²) >= 11 is 0. The quantitative estimate of drug-likeness (QED) is 0.415. The predicted molar refractivity (Wildman–Crippen MR) is 116 cm³/mol. The van der Waals surface area contributed by atoms with Crippen LogP contribution in [0.1, 0.15) is 55.4 Å². The van der Waals surface area contributed by atoms with Crippen LogP contribution in [0.3, 0.4) is 0 Å². The Bertz CT molecular complexity index is 1110. The van der Waals surface area contributed by atoms with Crippen LogP contribution >= 0.6 is 0 Å². The molecule has 0 aromatic heterocycles. The molecule has 0 bridgehead atoms. The van der Waals surface area contributed by atoms with Gasteiger partial charge >= 0.3 is 6.18 Å². The Morgan fingerprint density at radius 1 is 1.09 bits per heavy atom. The standard InChI is InChI=1S/C26H26F5NO2/c1-3-21(33)23(34)32-13-12-25(15-16-4-8-19(27)9-5-16)20-10-7-18(24(2,28)26(29,30)31)14-17(20)6-11-22(25)32/h4-5,7-10,14,22H,3,6,11-13,15H2,1-2H3/t22-,24?,25-/m1/s1. The van der Waals surface area contributed by atoms with Crippen molar-refractivity contribution in [2.24, 2.45) is 0 Å². The Morgan fingerprint density at radius 3 is 2.38 bits per heavy atom. The van der Waals surface area contributed by atoms with Gasteiger partial charge in [0, 0.05) is 24.4 Å². The van der Waals surface area contributed by atoms with E-state index >= 15 is 0 Å². The second-order valence-corrected chi connectivity index (χ2v) is 9.41. The number of likely N-dealkylation sites (tertiary alicyclic amines) is 1. The SMILES string of the molecule is CCC(=O)C(=O)N1CC[C@@]2(Cc3ccc(F)cc3)c3ccc(C(C)(F)C(F)(F)F)cc3CC[C@@H]12. The third-order valence-corrected chi connectivity index (χ3v) is 7.47. The minimum absolute atomic E-state index is 0.0828. The van der Waals surface area contributed by atoms with Gasteiger partial charge in [-0.15, -0.1) is 0 Å². The maximum absolute atomic E-state index is 14.7. The Labute approximate surface area is 194 Å². The fourth-order valence-corrected chi connectivity index (χ4v) is 5.54. The van der Waals surface area contributed by atoms with E-state index in [0.29, 0.717) is 44.7 Å². The molecule has 0 saturated carbocycles. The molecular weight excluding hydrogens is 453 g/mol. The normalized spacial score (nSPS) is 23.7. The summed E-state index contributed by atoms with van der Waals surface area (Å²) in [6.45, 7) is 2.47. The van der Waals surface area contributed by atoms with Crippen LogP contribution in [0.2, 0.25) is 0 Å². The van der Waals surface area contributed by atoms with E-state index in [1.807, 2.05) is 0 Å². The van der Waals surface area contributed by atoms with Gasteiger partial charge in [-0.2, -0.15) is 13.2 Å². The lowest BCUT2D eigenvalue weighted by molar-refractivity contribution is -0.228. The summed E-state index contributed by atoms with van der Waals surface area (Å²) in [4.78, 5) is 26.6. The number of hydrogen-bond acceptors (Lipinski definition) is 2. The number of halogens is 5. The van der Waals surface area contributed by atoms with Crippen LogP contribution in [-0.2, 0) is 33.5 Å². The molecule has 34 heavy (non-hydrogen) atoms. The molecule has 1 amide bonds. The van der Waals surface area contributed by atoms with Crippen LogP contribution in [-0.4, -0.2) is 35.4 Å². The highest BCUT2D eigenvalue weighted by Gasteiger charge is 2.56. The van der Waals surface area contributed by atoms with Crippen LogP contribution in [0.25, 0.3) is 0 Å². The highest BCUT2D eigenvalue weighted by Crippen LogP contribution is 2.51. The number of rotatable bonds is 5. The van der Waals surface area contributed by atoms with E-state index in [1.54, 1.807) is 30.0 Å². The van der Waals surface area contributed by atoms with Crippen molar-refractivity contribution >= 4 is 11.7 Å². The fraction of sp³-hybridized carbons (Fsp3) is 0.462. The average molecular weight is 479 g/mol. The molecule has 4 rings (SSSR count). The molecule has 1 aliphatic heterocycles. The molecule has 2 aromatic carbocycles. The number of hydrogen-bond donors (Lipinski definition) is 0. The van der Waals surface area contributed by atoms with E-state index in [-0.39, 0.29) is 12.5 Å². The highest BCUT2D eigenvalue weighted by molar-refractivity contribution is 6.36. The number of carbonyl (C=O) groups is 2. The van der Waals surface area contributed by atoms with Crippen molar-refractivity contribution in [2.45, 2.75) is 69.3 Å². The maximum atomic E-state index is 14.7. The minimum Gasteiger partial charge on any atom is -0.332 e. The molecule has 0 N–H and O–H groups in total. The number of Topliss-reactive ketones (excluding diaryl/α,β-unsaturated/α-hetero) is 1. The number of amides is 1. The van der Waals surface area contributed by atoms with Gasteiger partial charge < -0.3 is 4.90 Å². The van der Waals surface area contributed by atoms with Crippen LogP contribution in [0.5, 0.6) is 0 Å². The summed E-state index contributed by atoms with van der Waals surface area (Å²) in [5.74, 6) is -1.43. The summed E-state index contributed by atoms with van der Waals surface area (Å²) in [5.41, 5.74) is -2.44. The molecule has 1 fully saturated rings. The first-order valence-corrected chi connectivity index (χ1v) is 11.4. The summed E-state index contributed by atoms with van der Waals surface area (Å²) < 4.78 is 68.2. The molecule has 182 valence electrons. The molecule has 0 radical (unpaired) electrons. The van der Waals surface area contributed by atoms with Crippen LogP contribution in [0, 0.1) is 5.82 Å². The van der Waals surface area contributed by atoms with Gasteiger partial charge in [0.15, 0.2) is 0 Å². The molecule has 1 unspecified atom stereocenters. The van der Waals surface area contributed by atoms with Gasteiger partial charge in [-0.1, -0.05) is 37.3 Å². The van der Waals surface area contributed by atoms with E-state index in [9.17, 15) is 31.5 Å². The Kier molecular flexibility index (Phi) is 6.07. The number of benzene rings is 2. The fourth-order valence-electron chi connectivity index (χ4n) is 5.54. The molecule has 0 spiro atoms. The molecule has 8 heteroatoms. The summed E-state index contributed by atoms with van der Waals surface area (Å²) in [5, 5.41) is 0. The van der Waals surface area contributed by atoms with Gasteiger partial charge in [-0.3, -0.25) is 9.59 Å². The zero-order valence-corrected chi connectivity index (χ0v) is 19.0. The van der Waals surface area contributed by atoms with Gasteiger partial charge in [0.25, 0.3) is 5.91 Å². The predicted octanol–water partition coefficient (Wildman–Crippen LogP) is 5.58. The lowest BCUT2D eigenvalue weighted by Crippen LogP contribution is -2.50. The topological polar surface area (TPSA) is 37.4 Å². The largest absolute Gasteiger partial charge is 0.426 e.